The van der Waals surface area contributed by atoms with Gasteiger partial charge in [0, 0.05) is 4.88 Å². The molecule has 1 N–H and O–H groups in total. The molecule has 1 amide bonds. The lowest BCUT2D eigenvalue weighted by atomic mass is 9.99. The third kappa shape index (κ3) is 5.06. The summed E-state index contributed by atoms with van der Waals surface area (Å²) in [4.78, 5) is 25.7. The number of para-hydroxylation sites is 1. The fourth-order valence-electron chi connectivity index (χ4n) is 2.72. The highest BCUT2D eigenvalue weighted by molar-refractivity contribution is 7.14. The number of carbonyl (C=O) groups excluding carboxylic acids is 2. The van der Waals surface area contributed by atoms with E-state index in [2.05, 4.69) is 5.32 Å². The van der Waals surface area contributed by atoms with Crippen LogP contribution in [-0.2, 0) is 22.4 Å². The number of nitrogens with one attached hydrogen (secondary N) is 1. The smallest absolute Gasteiger partial charge is 0.348 e. The van der Waals surface area contributed by atoms with Crippen LogP contribution in [0.4, 0.5) is 0 Å². The van der Waals surface area contributed by atoms with Crippen LogP contribution in [0.15, 0.2) is 36.4 Å². The molecular formula is C19H21NO4S. The Labute approximate surface area is 151 Å². The number of carbonyl (C=O) groups is 2. The van der Waals surface area contributed by atoms with Crippen LogP contribution in [0.25, 0.3) is 0 Å². The summed E-state index contributed by atoms with van der Waals surface area (Å²) in [6, 6.07) is 11.3. The number of hydrogen-bond acceptors (Lipinski definition) is 5. The standard InChI is InChI=1S/C19H21NO4S/c21-18(20-10-11-23-15-7-2-1-3-8-15)13-24-19(22)17-12-14-6-4-5-9-16(14)25-17/h1-3,7-8,12H,4-6,9-11,13H2,(H,20,21). The molecule has 0 aliphatic heterocycles. The zero-order valence-corrected chi connectivity index (χ0v) is 14.8. The van der Waals surface area contributed by atoms with Crippen molar-refractivity contribution in [1.29, 1.82) is 0 Å². The average Bonchev–Trinajstić information content (AvgIpc) is 3.08. The van der Waals surface area contributed by atoms with E-state index >= 15 is 0 Å². The van der Waals surface area contributed by atoms with Crippen molar-refractivity contribution in [3.63, 3.8) is 0 Å². The van der Waals surface area contributed by atoms with E-state index < -0.39 is 5.97 Å². The number of esters is 1. The third-order valence-corrected chi connectivity index (χ3v) is 5.19. The Morgan fingerprint density at radius 3 is 2.72 bits per heavy atom. The van der Waals surface area contributed by atoms with Crippen molar-refractivity contribution >= 4 is 23.2 Å². The molecule has 0 fully saturated rings. The van der Waals surface area contributed by atoms with Gasteiger partial charge in [0.2, 0.25) is 0 Å². The number of amides is 1. The summed E-state index contributed by atoms with van der Waals surface area (Å²) < 4.78 is 10.6. The topological polar surface area (TPSA) is 64.6 Å². The molecule has 0 saturated carbocycles. The predicted molar refractivity (Wildman–Crippen MR) is 96.2 cm³/mol. The van der Waals surface area contributed by atoms with Gasteiger partial charge in [0.1, 0.15) is 17.2 Å². The Hall–Kier alpha value is -2.34. The first-order valence-electron chi connectivity index (χ1n) is 8.45. The molecule has 0 spiro atoms. The Bertz CT molecular complexity index is 703. The van der Waals surface area contributed by atoms with Gasteiger partial charge in [-0.25, -0.2) is 4.79 Å². The van der Waals surface area contributed by atoms with Crippen molar-refractivity contribution in [2.75, 3.05) is 19.8 Å². The number of thiophene rings is 1. The number of rotatable bonds is 7. The summed E-state index contributed by atoms with van der Waals surface area (Å²) in [5, 5.41) is 2.67. The molecule has 5 nitrogen and oxygen atoms in total. The number of aryl methyl sites for hydroxylation is 2. The van der Waals surface area contributed by atoms with Crippen LogP contribution in [0.5, 0.6) is 5.75 Å². The molecule has 0 unspecified atom stereocenters. The number of ether oxygens (including phenoxy) is 2. The molecule has 0 radical (unpaired) electrons. The van der Waals surface area contributed by atoms with Gasteiger partial charge in [0.25, 0.3) is 5.91 Å². The molecule has 1 aliphatic rings. The van der Waals surface area contributed by atoms with E-state index in [1.807, 2.05) is 36.4 Å². The van der Waals surface area contributed by atoms with Crippen LogP contribution < -0.4 is 10.1 Å². The van der Waals surface area contributed by atoms with Gasteiger partial charge in [-0.05, 0) is 49.4 Å². The second kappa shape index (κ2) is 8.67. The van der Waals surface area contributed by atoms with Gasteiger partial charge < -0.3 is 14.8 Å². The van der Waals surface area contributed by atoms with E-state index in [1.165, 1.54) is 34.6 Å². The van der Waals surface area contributed by atoms with Crippen LogP contribution in [0.3, 0.4) is 0 Å². The number of fused-ring (bicyclic) bond motifs is 1. The molecule has 0 bridgehead atoms. The van der Waals surface area contributed by atoms with Crippen molar-refractivity contribution in [1.82, 2.24) is 5.32 Å². The SMILES string of the molecule is O=C(COC(=O)c1cc2c(s1)CCCC2)NCCOc1ccccc1. The molecule has 0 atom stereocenters. The lowest BCUT2D eigenvalue weighted by Gasteiger charge is -2.08. The van der Waals surface area contributed by atoms with E-state index in [0.29, 0.717) is 18.0 Å². The van der Waals surface area contributed by atoms with E-state index in [-0.39, 0.29) is 12.5 Å². The molecule has 1 aromatic carbocycles. The Kier molecular flexibility index (Phi) is 6.06. The molecular weight excluding hydrogens is 338 g/mol. The first-order valence-corrected chi connectivity index (χ1v) is 9.27. The largest absolute Gasteiger partial charge is 0.492 e. The lowest BCUT2D eigenvalue weighted by Crippen LogP contribution is -2.32. The highest BCUT2D eigenvalue weighted by atomic mass is 32.1. The highest BCUT2D eigenvalue weighted by Gasteiger charge is 2.18. The van der Waals surface area contributed by atoms with Crippen molar-refractivity contribution in [3.8, 4) is 5.75 Å². The van der Waals surface area contributed by atoms with Gasteiger partial charge in [-0.2, -0.15) is 0 Å². The van der Waals surface area contributed by atoms with E-state index in [4.69, 9.17) is 9.47 Å². The van der Waals surface area contributed by atoms with Crippen molar-refractivity contribution in [3.05, 3.63) is 51.7 Å². The molecule has 1 aromatic heterocycles. The Balaban J connectivity index is 1.35. The van der Waals surface area contributed by atoms with Crippen molar-refractivity contribution in [2.45, 2.75) is 25.7 Å². The summed E-state index contributed by atoms with van der Waals surface area (Å²) >= 11 is 1.49. The van der Waals surface area contributed by atoms with E-state index in [1.54, 1.807) is 0 Å². The molecule has 6 heteroatoms. The van der Waals surface area contributed by atoms with Crippen LogP contribution >= 0.6 is 11.3 Å². The van der Waals surface area contributed by atoms with Crippen LogP contribution in [-0.4, -0.2) is 31.6 Å². The van der Waals surface area contributed by atoms with Gasteiger partial charge in [-0.15, -0.1) is 11.3 Å². The normalized spacial score (nSPS) is 13.0. The second-order valence-electron chi connectivity index (χ2n) is 5.85. The predicted octanol–water partition coefficient (Wildman–Crippen LogP) is 2.98. The minimum absolute atomic E-state index is 0.271. The Morgan fingerprint density at radius 2 is 1.92 bits per heavy atom. The van der Waals surface area contributed by atoms with E-state index in [0.717, 1.165) is 18.6 Å². The third-order valence-electron chi connectivity index (χ3n) is 3.97. The second-order valence-corrected chi connectivity index (χ2v) is 6.99. The maximum atomic E-state index is 12.1. The van der Waals surface area contributed by atoms with Gasteiger partial charge >= 0.3 is 5.97 Å². The van der Waals surface area contributed by atoms with Crippen molar-refractivity contribution < 1.29 is 19.1 Å². The summed E-state index contributed by atoms with van der Waals surface area (Å²) in [6.07, 6.45) is 4.41. The Morgan fingerprint density at radius 1 is 1.12 bits per heavy atom. The first-order chi connectivity index (χ1) is 12.2. The van der Waals surface area contributed by atoms with Gasteiger partial charge in [0.15, 0.2) is 6.61 Å². The summed E-state index contributed by atoms with van der Waals surface area (Å²) in [5.41, 5.74) is 1.26. The summed E-state index contributed by atoms with van der Waals surface area (Å²) in [6.45, 7) is 0.451. The molecule has 25 heavy (non-hydrogen) atoms. The minimum Gasteiger partial charge on any atom is -0.492 e. The first kappa shape index (κ1) is 17.5. The van der Waals surface area contributed by atoms with Gasteiger partial charge in [-0.3, -0.25) is 4.79 Å². The monoisotopic (exact) mass is 359 g/mol. The van der Waals surface area contributed by atoms with Gasteiger partial charge in [0.05, 0.1) is 6.54 Å². The molecule has 1 heterocycles. The van der Waals surface area contributed by atoms with Crippen LogP contribution in [0.1, 0.15) is 33.0 Å². The molecule has 1 aliphatic carbocycles. The summed E-state index contributed by atoms with van der Waals surface area (Å²) in [5.74, 6) is 0.00579. The average molecular weight is 359 g/mol. The quantitative estimate of drug-likeness (QED) is 0.610. The maximum Gasteiger partial charge on any atom is 0.348 e. The maximum absolute atomic E-state index is 12.1. The van der Waals surface area contributed by atoms with Crippen LogP contribution in [0, 0.1) is 0 Å². The zero-order chi connectivity index (χ0) is 17.5. The highest BCUT2D eigenvalue weighted by Crippen LogP contribution is 2.29. The molecule has 132 valence electrons. The summed E-state index contributed by atoms with van der Waals surface area (Å²) in [7, 11) is 0. The fourth-order valence-corrected chi connectivity index (χ4v) is 3.87. The minimum atomic E-state index is -0.421. The van der Waals surface area contributed by atoms with Crippen molar-refractivity contribution in [2.24, 2.45) is 0 Å². The molecule has 3 rings (SSSR count). The lowest BCUT2D eigenvalue weighted by molar-refractivity contribution is -0.124. The van der Waals surface area contributed by atoms with Gasteiger partial charge in [-0.1, -0.05) is 18.2 Å². The molecule has 0 saturated heterocycles. The number of benzene rings is 1. The fraction of sp³-hybridized carbons (Fsp3) is 0.368. The number of hydrogen-bond donors (Lipinski definition) is 1. The molecule has 2 aromatic rings. The zero-order valence-electron chi connectivity index (χ0n) is 14.0. The van der Waals surface area contributed by atoms with Crippen LogP contribution in [0.2, 0.25) is 0 Å². The van der Waals surface area contributed by atoms with E-state index in [9.17, 15) is 9.59 Å².